The van der Waals surface area contributed by atoms with Crippen LogP contribution in [0.3, 0.4) is 0 Å². The van der Waals surface area contributed by atoms with Gasteiger partial charge >= 0.3 is 0 Å². The minimum Gasteiger partial charge on any atom is -0.333 e. The van der Waals surface area contributed by atoms with Crippen molar-refractivity contribution in [1.29, 1.82) is 0 Å². The summed E-state index contributed by atoms with van der Waals surface area (Å²) >= 11 is 13.4. The molecule has 2 rings (SSSR count). The number of carbonyl (C=O) groups is 1. The number of aryl methyl sites for hydroxylation is 1. The van der Waals surface area contributed by atoms with Crippen LogP contribution in [0.15, 0.2) is 23.6 Å². The first-order valence-corrected chi connectivity index (χ1v) is 7.80. The average molecular weight is 329 g/mol. The number of aromatic nitrogens is 1. The number of hydrogen-bond acceptors (Lipinski definition) is 3. The van der Waals surface area contributed by atoms with Gasteiger partial charge in [0.05, 0.1) is 15.1 Å². The second-order valence-electron chi connectivity index (χ2n) is 4.32. The van der Waals surface area contributed by atoms with Crippen molar-refractivity contribution < 1.29 is 4.79 Å². The lowest BCUT2D eigenvalue weighted by Gasteiger charge is -2.20. The third-order valence-electron chi connectivity index (χ3n) is 2.86. The molecule has 1 aromatic carbocycles. The van der Waals surface area contributed by atoms with E-state index in [1.54, 1.807) is 22.4 Å². The smallest absolute Gasteiger partial charge is 0.273 e. The molecular formula is C14H14Cl2N2OS. The third kappa shape index (κ3) is 3.51. The number of nitrogens with zero attached hydrogens (tertiary/aromatic N) is 2. The number of halogens is 2. The van der Waals surface area contributed by atoms with Crippen LogP contribution in [0.2, 0.25) is 10.0 Å². The maximum absolute atomic E-state index is 12.4. The van der Waals surface area contributed by atoms with Gasteiger partial charge in [0.1, 0.15) is 5.69 Å². The lowest BCUT2D eigenvalue weighted by atomic mass is 10.2. The molecular weight excluding hydrogens is 315 g/mol. The van der Waals surface area contributed by atoms with Crippen LogP contribution >= 0.6 is 34.5 Å². The van der Waals surface area contributed by atoms with E-state index in [0.717, 1.165) is 10.6 Å². The van der Waals surface area contributed by atoms with Crippen LogP contribution in [-0.4, -0.2) is 22.3 Å². The van der Waals surface area contributed by atoms with E-state index < -0.39 is 0 Å². The molecule has 0 atom stereocenters. The van der Waals surface area contributed by atoms with Crippen LogP contribution in [0, 0.1) is 6.92 Å². The molecule has 106 valence electrons. The Hall–Kier alpha value is -1.10. The number of hydrogen-bond donors (Lipinski definition) is 0. The molecule has 0 aliphatic heterocycles. The van der Waals surface area contributed by atoms with E-state index in [2.05, 4.69) is 4.98 Å². The predicted molar refractivity (Wildman–Crippen MR) is 83.7 cm³/mol. The van der Waals surface area contributed by atoms with Gasteiger partial charge in [-0.25, -0.2) is 4.98 Å². The van der Waals surface area contributed by atoms with Crippen molar-refractivity contribution in [2.24, 2.45) is 0 Å². The fraction of sp³-hybridized carbons (Fsp3) is 0.286. The molecule has 0 spiro atoms. The van der Waals surface area contributed by atoms with Gasteiger partial charge in [0.15, 0.2) is 0 Å². The molecule has 0 bridgehead atoms. The van der Waals surface area contributed by atoms with Gasteiger partial charge in [-0.3, -0.25) is 4.79 Å². The first-order chi connectivity index (χ1) is 9.51. The Balaban J connectivity index is 2.16. The Morgan fingerprint density at radius 1 is 1.35 bits per heavy atom. The average Bonchev–Trinajstić information content (AvgIpc) is 2.86. The van der Waals surface area contributed by atoms with Crippen LogP contribution in [0.4, 0.5) is 0 Å². The summed E-state index contributed by atoms with van der Waals surface area (Å²) in [7, 11) is 0. The van der Waals surface area contributed by atoms with Crippen LogP contribution in [-0.2, 0) is 6.54 Å². The van der Waals surface area contributed by atoms with Gasteiger partial charge in [-0.05, 0) is 31.5 Å². The molecule has 20 heavy (non-hydrogen) atoms. The maximum atomic E-state index is 12.4. The number of thiazole rings is 1. The second kappa shape index (κ2) is 6.57. The Morgan fingerprint density at radius 2 is 2.10 bits per heavy atom. The highest BCUT2D eigenvalue weighted by atomic mass is 35.5. The number of carbonyl (C=O) groups excluding carboxylic acids is 1. The summed E-state index contributed by atoms with van der Waals surface area (Å²) in [5.74, 6) is -0.0667. The summed E-state index contributed by atoms with van der Waals surface area (Å²) in [5.41, 5.74) is 1.44. The van der Waals surface area contributed by atoms with Gasteiger partial charge < -0.3 is 4.90 Å². The largest absolute Gasteiger partial charge is 0.333 e. The second-order valence-corrected chi connectivity index (χ2v) is 6.20. The van der Waals surface area contributed by atoms with E-state index >= 15 is 0 Å². The normalized spacial score (nSPS) is 10.6. The Labute approximate surface area is 132 Å². The molecule has 0 fully saturated rings. The van der Waals surface area contributed by atoms with E-state index in [1.807, 2.05) is 19.9 Å². The highest BCUT2D eigenvalue weighted by molar-refractivity contribution is 7.09. The van der Waals surface area contributed by atoms with Gasteiger partial charge in [0, 0.05) is 18.5 Å². The van der Waals surface area contributed by atoms with E-state index in [4.69, 9.17) is 23.2 Å². The minimum absolute atomic E-state index is 0.0667. The van der Waals surface area contributed by atoms with Crippen LogP contribution < -0.4 is 0 Å². The van der Waals surface area contributed by atoms with Gasteiger partial charge in [-0.1, -0.05) is 29.3 Å². The lowest BCUT2D eigenvalue weighted by Crippen LogP contribution is -2.30. The van der Waals surface area contributed by atoms with Crippen molar-refractivity contribution in [2.45, 2.75) is 20.4 Å². The Morgan fingerprint density at radius 3 is 2.65 bits per heavy atom. The van der Waals surface area contributed by atoms with Gasteiger partial charge in [0.25, 0.3) is 5.91 Å². The van der Waals surface area contributed by atoms with E-state index in [1.165, 1.54) is 11.3 Å². The standard InChI is InChI=1S/C14H14Cl2N2OS/c1-3-18(14(19)13-8-20-9(2)17-13)7-10-4-5-11(15)12(16)6-10/h4-6,8H,3,7H2,1-2H3. The molecule has 0 radical (unpaired) electrons. The third-order valence-corrected chi connectivity index (χ3v) is 4.38. The summed E-state index contributed by atoms with van der Waals surface area (Å²) in [6, 6.07) is 5.40. The summed E-state index contributed by atoms with van der Waals surface area (Å²) in [4.78, 5) is 18.3. The fourth-order valence-corrected chi connectivity index (χ4v) is 2.72. The van der Waals surface area contributed by atoms with Gasteiger partial charge in [-0.2, -0.15) is 0 Å². The number of amides is 1. The molecule has 0 aliphatic carbocycles. The zero-order valence-corrected chi connectivity index (χ0v) is 13.5. The quantitative estimate of drug-likeness (QED) is 0.832. The van der Waals surface area contributed by atoms with Crippen molar-refractivity contribution in [3.8, 4) is 0 Å². The monoisotopic (exact) mass is 328 g/mol. The van der Waals surface area contributed by atoms with Gasteiger partial charge in [0.2, 0.25) is 0 Å². The summed E-state index contributed by atoms with van der Waals surface area (Å²) in [6.45, 7) is 4.92. The van der Waals surface area contributed by atoms with Crippen molar-refractivity contribution in [3.05, 3.63) is 49.9 Å². The lowest BCUT2D eigenvalue weighted by molar-refractivity contribution is 0.0747. The Bertz CT molecular complexity index is 627. The Kier molecular flexibility index (Phi) is 5.02. The molecule has 1 heterocycles. The SMILES string of the molecule is CCN(Cc1ccc(Cl)c(Cl)c1)C(=O)c1csc(C)n1. The van der Waals surface area contributed by atoms with Gasteiger partial charge in [-0.15, -0.1) is 11.3 Å². The molecule has 0 saturated heterocycles. The highest BCUT2D eigenvalue weighted by Crippen LogP contribution is 2.23. The first-order valence-electron chi connectivity index (χ1n) is 6.16. The molecule has 0 aliphatic rings. The predicted octanol–water partition coefficient (Wildman–Crippen LogP) is 4.42. The van der Waals surface area contributed by atoms with Crippen LogP contribution in [0.25, 0.3) is 0 Å². The molecule has 1 amide bonds. The van der Waals surface area contributed by atoms with Crippen molar-refractivity contribution in [1.82, 2.24) is 9.88 Å². The van der Waals surface area contributed by atoms with Crippen LogP contribution in [0.1, 0.15) is 28.0 Å². The number of rotatable bonds is 4. The molecule has 2 aromatic rings. The molecule has 3 nitrogen and oxygen atoms in total. The van der Waals surface area contributed by atoms with E-state index in [-0.39, 0.29) is 5.91 Å². The summed E-state index contributed by atoms with van der Waals surface area (Å²) < 4.78 is 0. The summed E-state index contributed by atoms with van der Waals surface area (Å²) in [5, 5.41) is 3.69. The van der Waals surface area contributed by atoms with E-state index in [0.29, 0.717) is 28.8 Å². The molecule has 0 N–H and O–H groups in total. The molecule has 0 unspecified atom stereocenters. The topological polar surface area (TPSA) is 33.2 Å². The van der Waals surface area contributed by atoms with Crippen molar-refractivity contribution >= 4 is 40.4 Å². The van der Waals surface area contributed by atoms with Crippen molar-refractivity contribution in [3.63, 3.8) is 0 Å². The molecule has 1 aromatic heterocycles. The highest BCUT2D eigenvalue weighted by Gasteiger charge is 2.17. The van der Waals surface area contributed by atoms with Crippen LogP contribution in [0.5, 0.6) is 0 Å². The van der Waals surface area contributed by atoms with Crippen molar-refractivity contribution in [2.75, 3.05) is 6.54 Å². The summed E-state index contributed by atoms with van der Waals surface area (Å²) in [6.07, 6.45) is 0. The zero-order chi connectivity index (χ0) is 14.7. The maximum Gasteiger partial charge on any atom is 0.273 e. The fourth-order valence-electron chi connectivity index (χ4n) is 1.81. The molecule has 6 heteroatoms. The minimum atomic E-state index is -0.0667. The molecule has 0 saturated carbocycles. The zero-order valence-electron chi connectivity index (χ0n) is 11.2. The van der Waals surface area contributed by atoms with E-state index in [9.17, 15) is 4.79 Å². The number of benzene rings is 1. The first kappa shape index (κ1) is 15.3.